The molecule has 0 aliphatic carbocycles. The largest absolute Gasteiger partial charge is 0.490 e. The van der Waals surface area contributed by atoms with Crippen LogP contribution in [0.1, 0.15) is 25.8 Å². The van der Waals surface area contributed by atoms with Gasteiger partial charge in [0.25, 0.3) is 0 Å². The maximum Gasteiger partial charge on any atom is 0.175 e. The highest BCUT2D eigenvalue weighted by Crippen LogP contribution is 2.37. The summed E-state index contributed by atoms with van der Waals surface area (Å²) in [5, 5.41) is 0. The van der Waals surface area contributed by atoms with E-state index < -0.39 is 0 Å². The lowest BCUT2D eigenvalue weighted by molar-refractivity contribution is 0.0989. The van der Waals surface area contributed by atoms with Crippen molar-refractivity contribution >= 4 is 15.9 Å². The van der Waals surface area contributed by atoms with Crippen LogP contribution < -0.4 is 15.2 Å². The van der Waals surface area contributed by atoms with Gasteiger partial charge >= 0.3 is 0 Å². The Morgan fingerprint density at radius 2 is 1.90 bits per heavy atom. The minimum atomic E-state index is 0.509. The van der Waals surface area contributed by atoms with E-state index in [1.807, 2.05) is 19.1 Å². The Balaban J connectivity index is 2.71. The van der Waals surface area contributed by atoms with Gasteiger partial charge in [-0.3, -0.25) is 0 Å². The fourth-order valence-electron chi connectivity index (χ4n) is 1.78. The molecule has 0 saturated heterocycles. The molecule has 1 rings (SSSR count). The summed E-state index contributed by atoms with van der Waals surface area (Å²) < 4.78 is 17.7. The average molecular weight is 346 g/mol. The van der Waals surface area contributed by atoms with Crippen molar-refractivity contribution < 1.29 is 14.2 Å². The van der Waals surface area contributed by atoms with Crippen LogP contribution in [0.2, 0.25) is 0 Å². The monoisotopic (exact) mass is 345 g/mol. The van der Waals surface area contributed by atoms with E-state index in [1.54, 1.807) is 0 Å². The number of rotatable bonds is 10. The second-order valence-electron chi connectivity index (χ2n) is 4.34. The number of halogens is 1. The first-order valence-corrected chi connectivity index (χ1v) is 7.88. The Hall–Kier alpha value is -0.780. The summed E-state index contributed by atoms with van der Waals surface area (Å²) in [6, 6.07) is 4.01. The van der Waals surface area contributed by atoms with Crippen molar-refractivity contribution in [1.29, 1.82) is 0 Å². The van der Waals surface area contributed by atoms with Gasteiger partial charge in [-0.25, -0.2) is 0 Å². The lowest BCUT2D eigenvalue weighted by Crippen LogP contribution is -2.09. The van der Waals surface area contributed by atoms with Gasteiger partial charge in [0.15, 0.2) is 11.5 Å². The maximum absolute atomic E-state index is 5.77. The van der Waals surface area contributed by atoms with Gasteiger partial charge in [-0.05, 0) is 59.9 Å². The van der Waals surface area contributed by atoms with Crippen LogP contribution in [0.5, 0.6) is 11.5 Å². The van der Waals surface area contributed by atoms with Gasteiger partial charge in [-0.15, -0.1) is 0 Å². The molecule has 20 heavy (non-hydrogen) atoms. The summed E-state index contributed by atoms with van der Waals surface area (Å²) in [7, 11) is 0. The molecular formula is C15H24BrNO3. The molecule has 0 spiro atoms. The summed E-state index contributed by atoms with van der Waals surface area (Å²) in [5.41, 5.74) is 6.73. The molecule has 0 aromatic heterocycles. The topological polar surface area (TPSA) is 53.7 Å². The van der Waals surface area contributed by atoms with Crippen LogP contribution in [0, 0.1) is 0 Å². The average Bonchev–Trinajstić information content (AvgIpc) is 2.42. The number of benzene rings is 1. The van der Waals surface area contributed by atoms with Crippen LogP contribution in [-0.2, 0) is 11.2 Å². The minimum absolute atomic E-state index is 0.509. The Morgan fingerprint density at radius 3 is 2.55 bits per heavy atom. The van der Waals surface area contributed by atoms with Crippen LogP contribution >= 0.6 is 15.9 Å². The minimum Gasteiger partial charge on any atom is -0.490 e. The zero-order valence-corrected chi connectivity index (χ0v) is 13.9. The molecule has 0 radical (unpaired) electrons. The normalized spacial score (nSPS) is 10.6. The fourth-order valence-corrected chi connectivity index (χ4v) is 2.39. The predicted molar refractivity (Wildman–Crippen MR) is 84.7 cm³/mol. The van der Waals surface area contributed by atoms with Crippen LogP contribution in [-0.4, -0.2) is 33.0 Å². The fraction of sp³-hybridized carbons (Fsp3) is 0.600. The SMILES string of the molecule is CCCOCCOc1c(Br)cc(CCN)cc1OCC. The molecule has 2 N–H and O–H groups in total. The summed E-state index contributed by atoms with van der Waals surface area (Å²) in [6.07, 6.45) is 1.83. The molecule has 0 bridgehead atoms. The van der Waals surface area contributed by atoms with Crippen molar-refractivity contribution in [3.63, 3.8) is 0 Å². The molecule has 1 aromatic carbocycles. The lowest BCUT2D eigenvalue weighted by atomic mass is 10.1. The molecule has 0 saturated carbocycles. The molecule has 4 nitrogen and oxygen atoms in total. The standard InChI is InChI=1S/C15H24BrNO3/c1-3-7-18-8-9-20-15-13(16)10-12(5-6-17)11-14(15)19-4-2/h10-11H,3-9,17H2,1-2H3. The highest BCUT2D eigenvalue weighted by molar-refractivity contribution is 9.10. The van der Waals surface area contributed by atoms with E-state index in [9.17, 15) is 0 Å². The zero-order valence-electron chi connectivity index (χ0n) is 12.3. The van der Waals surface area contributed by atoms with Crippen LogP contribution in [0.4, 0.5) is 0 Å². The molecule has 0 heterocycles. The molecule has 0 fully saturated rings. The Bertz CT molecular complexity index is 399. The van der Waals surface area contributed by atoms with E-state index >= 15 is 0 Å². The smallest absolute Gasteiger partial charge is 0.175 e. The second kappa shape index (κ2) is 10.0. The number of nitrogens with two attached hydrogens (primary N) is 1. The van der Waals surface area contributed by atoms with Crippen molar-refractivity contribution in [2.75, 3.05) is 33.0 Å². The van der Waals surface area contributed by atoms with E-state index in [1.165, 1.54) is 0 Å². The maximum atomic E-state index is 5.77. The lowest BCUT2D eigenvalue weighted by Gasteiger charge is -2.15. The highest BCUT2D eigenvalue weighted by atomic mass is 79.9. The van der Waals surface area contributed by atoms with Gasteiger partial charge in [0.05, 0.1) is 17.7 Å². The third kappa shape index (κ3) is 5.69. The van der Waals surface area contributed by atoms with E-state index in [4.69, 9.17) is 19.9 Å². The van der Waals surface area contributed by atoms with Gasteiger partial charge < -0.3 is 19.9 Å². The molecule has 0 unspecified atom stereocenters. The molecule has 1 aromatic rings. The summed E-state index contributed by atoms with van der Waals surface area (Å²) in [6.45, 7) is 7.10. The van der Waals surface area contributed by atoms with E-state index in [-0.39, 0.29) is 0 Å². The van der Waals surface area contributed by atoms with Gasteiger partial charge in [0.2, 0.25) is 0 Å². The van der Waals surface area contributed by atoms with Gasteiger partial charge in [-0.1, -0.05) is 6.92 Å². The molecule has 0 aliphatic rings. The van der Waals surface area contributed by atoms with Crippen molar-refractivity contribution in [2.24, 2.45) is 5.73 Å². The molecule has 0 aliphatic heterocycles. The van der Waals surface area contributed by atoms with Gasteiger partial charge in [-0.2, -0.15) is 0 Å². The Labute approximate surface area is 129 Å². The molecule has 0 amide bonds. The third-order valence-corrected chi connectivity index (χ3v) is 3.21. The van der Waals surface area contributed by atoms with E-state index in [2.05, 4.69) is 22.9 Å². The highest BCUT2D eigenvalue weighted by Gasteiger charge is 2.12. The quantitative estimate of drug-likeness (QED) is 0.662. The van der Waals surface area contributed by atoms with E-state index in [0.29, 0.717) is 26.4 Å². The van der Waals surface area contributed by atoms with Crippen molar-refractivity contribution in [3.8, 4) is 11.5 Å². The summed E-state index contributed by atoms with van der Waals surface area (Å²) >= 11 is 3.53. The van der Waals surface area contributed by atoms with Crippen LogP contribution in [0.3, 0.4) is 0 Å². The van der Waals surface area contributed by atoms with Crippen molar-refractivity contribution in [1.82, 2.24) is 0 Å². The molecule has 5 heteroatoms. The van der Waals surface area contributed by atoms with E-state index in [0.717, 1.165) is 41.0 Å². The Morgan fingerprint density at radius 1 is 1.10 bits per heavy atom. The van der Waals surface area contributed by atoms with Crippen molar-refractivity contribution in [2.45, 2.75) is 26.7 Å². The summed E-state index contributed by atoms with van der Waals surface area (Å²) in [4.78, 5) is 0. The number of ether oxygens (including phenoxy) is 3. The van der Waals surface area contributed by atoms with Crippen molar-refractivity contribution in [3.05, 3.63) is 22.2 Å². The first kappa shape index (κ1) is 17.3. The molecule has 114 valence electrons. The first-order chi connectivity index (χ1) is 9.72. The van der Waals surface area contributed by atoms with Gasteiger partial charge in [0.1, 0.15) is 6.61 Å². The van der Waals surface area contributed by atoms with Gasteiger partial charge in [0, 0.05) is 6.61 Å². The first-order valence-electron chi connectivity index (χ1n) is 7.08. The molecule has 0 atom stereocenters. The zero-order chi connectivity index (χ0) is 14.8. The number of hydrogen-bond acceptors (Lipinski definition) is 4. The van der Waals surface area contributed by atoms with Crippen LogP contribution in [0.25, 0.3) is 0 Å². The molecular weight excluding hydrogens is 322 g/mol. The third-order valence-electron chi connectivity index (χ3n) is 2.62. The predicted octanol–water partition coefficient (Wildman–Crippen LogP) is 3.15. The number of hydrogen-bond donors (Lipinski definition) is 1. The van der Waals surface area contributed by atoms with Crippen LogP contribution in [0.15, 0.2) is 16.6 Å². The second-order valence-corrected chi connectivity index (χ2v) is 5.19. The Kier molecular flexibility index (Phi) is 8.65. The summed E-state index contributed by atoms with van der Waals surface area (Å²) in [5.74, 6) is 1.48.